The van der Waals surface area contributed by atoms with Gasteiger partial charge in [0.25, 0.3) is 0 Å². The fraction of sp³-hybridized carbons (Fsp3) is 0.444. The topological polar surface area (TPSA) is 69.2 Å². The molecule has 2 N–H and O–H groups in total. The van der Waals surface area contributed by atoms with Gasteiger partial charge < -0.3 is 10.1 Å². The zero-order valence-corrected chi connectivity index (χ0v) is 13.8. The highest BCUT2D eigenvalue weighted by Crippen LogP contribution is 2.50. The number of benzene rings is 1. The number of amides is 1. The van der Waals surface area contributed by atoms with Crippen molar-refractivity contribution in [2.75, 3.05) is 6.54 Å². The fourth-order valence-corrected chi connectivity index (χ4v) is 3.75. The summed E-state index contributed by atoms with van der Waals surface area (Å²) in [5, 5.41) is 9.68. The second-order valence-electron chi connectivity index (χ2n) is 7.16. The summed E-state index contributed by atoms with van der Waals surface area (Å²) in [4.78, 5) is 21.3. The maximum absolute atomic E-state index is 11.8. The molecule has 0 radical (unpaired) electrons. The van der Waals surface area contributed by atoms with Gasteiger partial charge in [0, 0.05) is 6.54 Å². The molecule has 1 aromatic carbocycles. The summed E-state index contributed by atoms with van der Waals surface area (Å²) in [7, 11) is 0. The Kier molecular flexibility index (Phi) is 3.66. The van der Waals surface area contributed by atoms with Crippen molar-refractivity contribution < 1.29 is 9.90 Å². The van der Waals surface area contributed by atoms with Crippen molar-refractivity contribution in [3.63, 3.8) is 0 Å². The highest BCUT2D eigenvalue weighted by atomic mass is 16.4. The maximum Gasteiger partial charge on any atom is 0.408 e. The number of rotatable bonds is 2. The Morgan fingerprint density at radius 2 is 2.00 bits per heavy atom. The molecule has 1 amide bonds. The molecular formula is C18H23N3O2. The molecule has 0 bridgehead atoms. The lowest BCUT2D eigenvalue weighted by Gasteiger charge is -2.45. The van der Waals surface area contributed by atoms with Gasteiger partial charge in [-0.15, -0.1) is 0 Å². The van der Waals surface area contributed by atoms with E-state index in [0.717, 1.165) is 29.9 Å². The van der Waals surface area contributed by atoms with Gasteiger partial charge >= 0.3 is 6.09 Å². The molecule has 2 heterocycles. The van der Waals surface area contributed by atoms with Gasteiger partial charge in [0.2, 0.25) is 0 Å². The van der Waals surface area contributed by atoms with E-state index in [0.29, 0.717) is 6.54 Å². The first-order chi connectivity index (χ1) is 10.9. The van der Waals surface area contributed by atoms with E-state index < -0.39 is 11.6 Å². The van der Waals surface area contributed by atoms with E-state index >= 15 is 0 Å². The van der Waals surface area contributed by atoms with E-state index in [-0.39, 0.29) is 5.41 Å². The number of aromatic amines is 1. The predicted molar refractivity (Wildman–Crippen MR) is 89.1 cm³/mol. The van der Waals surface area contributed by atoms with Crippen molar-refractivity contribution in [3.8, 4) is 11.3 Å². The number of H-pyrrole nitrogens is 1. The summed E-state index contributed by atoms with van der Waals surface area (Å²) >= 11 is 0. The van der Waals surface area contributed by atoms with Crippen LogP contribution in [0.2, 0.25) is 0 Å². The summed E-state index contributed by atoms with van der Waals surface area (Å²) in [5.41, 5.74) is 1.09. The Hall–Kier alpha value is -2.30. The minimum absolute atomic E-state index is 0.256. The standard InChI is InChI=1S/C18H23N3O2/c1-17(2,3)18(10-7-11-21(18)16(22)23)15-19-12-14(20-15)13-8-5-4-6-9-13/h4-6,8-9,12H,7,10-11H2,1-3H3,(H,19,20)(H,22,23). The molecule has 1 saturated heterocycles. The molecule has 3 rings (SSSR count). The van der Waals surface area contributed by atoms with Crippen molar-refractivity contribution in [2.45, 2.75) is 39.2 Å². The molecule has 0 aliphatic carbocycles. The number of aromatic nitrogens is 2. The van der Waals surface area contributed by atoms with Crippen molar-refractivity contribution in [1.82, 2.24) is 14.9 Å². The highest BCUT2D eigenvalue weighted by molar-refractivity contribution is 5.67. The van der Waals surface area contributed by atoms with Crippen molar-refractivity contribution >= 4 is 6.09 Å². The average molecular weight is 313 g/mol. The Balaban J connectivity index is 2.09. The van der Waals surface area contributed by atoms with Gasteiger partial charge in [-0.2, -0.15) is 0 Å². The van der Waals surface area contributed by atoms with Crippen molar-refractivity contribution in [1.29, 1.82) is 0 Å². The molecule has 122 valence electrons. The Labute approximate surface area is 136 Å². The van der Waals surface area contributed by atoms with Gasteiger partial charge in [0.05, 0.1) is 11.9 Å². The number of carbonyl (C=O) groups is 1. The third-order valence-electron chi connectivity index (χ3n) is 4.91. The quantitative estimate of drug-likeness (QED) is 0.877. The van der Waals surface area contributed by atoms with E-state index in [2.05, 4.69) is 30.7 Å². The first-order valence-corrected chi connectivity index (χ1v) is 7.98. The summed E-state index contributed by atoms with van der Waals surface area (Å²) in [6, 6.07) is 9.97. The van der Waals surface area contributed by atoms with Gasteiger partial charge in [0.1, 0.15) is 11.4 Å². The number of hydrogen-bond acceptors (Lipinski definition) is 2. The van der Waals surface area contributed by atoms with Gasteiger partial charge in [-0.25, -0.2) is 9.78 Å². The van der Waals surface area contributed by atoms with Crippen LogP contribution in [0.25, 0.3) is 11.3 Å². The fourth-order valence-electron chi connectivity index (χ4n) is 3.75. The molecule has 1 fully saturated rings. The lowest BCUT2D eigenvalue weighted by Crippen LogP contribution is -2.53. The van der Waals surface area contributed by atoms with Crippen LogP contribution in [0.4, 0.5) is 4.79 Å². The molecule has 1 aliphatic heterocycles. The minimum atomic E-state index is -0.880. The molecule has 1 atom stereocenters. The van der Waals surface area contributed by atoms with Crippen molar-refractivity contribution in [3.05, 3.63) is 42.4 Å². The zero-order chi connectivity index (χ0) is 16.7. The smallest absolute Gasteiger partial charge is 0.408 e. The van der Waals surface area contributed by atoms with E-state index in [4.69, 9.17) is 0 Å². The molecule has 0 spiro atoms. The van der Waals surface area contributed by atoms with Crippen LogP contribution < -0.4 is 0 Å². The van der Waals surface area contributed by atoms with Crippen LogP contribution in [0.15, 0.2) is 36.5 Å². The summed E-state index contributed by atoms with van der Waals surface area (Å²) in [5.74, 6) is 0.740. The average Bonchev–Trinajstić information content (AvgIpc) is 3.15. The van der Waals surface area contributed by atoms with E-state index in [1.54, 1.807) is 11.1 Å². The van der Waals surface area contributed by atoms with Gasteiger partial charge in [-0.3, -0.25) is 4.90 Å². The summed E-state index contributed by atoms with van der Waals surface area (Å²) in [6.07, 6.45) is 2.56. The first-order valence-electron chi connectivity index (χ1n) is 7.98. The molecule has 0 saturated carbocycles. The number of nitrogens with zero attached hydrogens (tertiary/aromatic N) is 2. The molecule has 1 aliphatic rings. The van der Waals surface area contributed by atoms with Crippen molar-refractivity contribution in [2.24, 2.45) is 5.41 Å². The van der Waals surface area contributed by atoms with E-state index in [9.17, 15) is 9.90 Å². The van der Waals surface area contributed by atoms with Crippen LogP contribution in [0.5, 0.6) is 0 Å². The third kappa shape index (κ3) is 2.40. The van der Waals surface area contributed by atoms with Gasteiger partial charge in [-0.1, -0.05) is 51.1 Å². The first kappa shape index (κ1) is 15.6. The van der Waals surface area contributed by atoms with Crippen LogP contribution in [0.1, 0.15) is 39.4 Å². The zero-order valence-electron chi connectivity index (χ0n) is 13.8. The lowest BCUT2D eigenvalue weighted by atomic mass is 9.71. The Morgan fingerprint density at radius 1 is 1.30 bits per heavy atom. The molecule has 1 aromatic heterocycles. The molecular weight excluding hydrogens is 290 g/mol. The monoisotopic (exact) mass is 313 g/mol. The van der Waals surface area contributed by atoms with E-state index in [1.165, 1.54) is 0 Å². The highest BCUT2D eigenvalue weighted by Gasteiger charge is 2.55. The number of nitrogens with one attached hydrogen (secondary N) is 1. The normalized spacial score (nSPS) is 21.6. The third-order valence-corrected chi connectivity index (χ3v) is 4.91. The van der Waals surface area contributed by atoms with E-state index in [1.807, 2.05) is 30.3 Å². The number of hydrogen-bond donors (Lipinski definition) is 2. The van der Waals surface area contributed by atoms with Gasteiger partial charge in [0.15, 0.2) is 0 Å². The number of carboxylic acid groups (broad SMARTS) is 1. The minimum Gasteiger partial charge on any atom is -0.465 e. The second kappa shape index (κ2) is 5.41. The Morgan fingerprint density at radius 3 is 2.61 bits per heavy atom. The number of imidazole rings is 1. The van der Waals surface area contributed by atoms with Crippen LogP contribution >= 0.6 is 0 Å². The Bertz CT molecular complexity index is 703. The van der Waals surface area contributed by atoms with Crippen LogP contribution in [0, 0.1) is 5.41 Å². The molecule has 2 aromatic rings. The SMILES string of the molecule is CC(C)(C)C1(c2ncc(-c3ccccc3)[nH]2)CCCN1C(=O)O. The largest absolute Gasteiger partial charge is 0.465 e. The van der Waals surface area contributed by atoms with Crippen LogP contribution in [0.3, 0.4) is 0 Å². The second-order valence-corrected chi connectivity index (χ2v) is 7.16. The van der Waals surface area contributed by atoms with Gasteiger partial charge in [-0.05, 0) is 23.8 Å². The van der Waals surface area contributed by atoms with Crippen LogP contribution in [-0.2, 0) is 5.54 Å². The van der Waals surface area contributed by atoms with Crippen LogP contribution in [-0.4, -0.2) is 32.6 Å². The molecule has 5 nitrogen and oxygen atoms in total. The number of likely N-dealkylation sites (tertiary alicyclic amines) is 1. The maximum atomic E-state index is 11.8. The molecule has 5 heteroatoms. The summed E-state index contributed by atoms with van der Waals surface area (Å²) in [6.45, 7) is 6.80. The summed E-state index contributed by atoms with van der Waals surface area (Å²) < 4.78 is 0. The predicted octanol–water partition coefficient (Wildman–Crippen LogP) is 4.09. The molecule has 1 unspecified atom stereocenters. The lowest BCUT2D eigenvalue weighted by molar-refractivity contribution is 0.0217. The molecule has 23 heavy (non-hydrogen) atoms.